The molecule has 0 spiro atoms. The van der Waals surface area contributed by atoms with E-state index in [0.29, 0.717) is 5.92 Å². The lowest BCUT2D eigenvalue weighted by molar-refractivity contribution is -0.0659. The van der Waals surface area contributed by atoms with Crippen LogP contribution in [0, 0.1) is 30.6 Å². The molecular formula is C19H22O2. The van der Waals surface area contributed by atoms with E-state index in [4.69, 9.17) is 4.42 Å². The molecule has 2 aromatic rings. The van der Waals surface area contributed by atoms with Crippen LogP contribution in [-0.2, 0) is 5.60 Å². The van der Waals surface area contributed by atoms with Gasteiger partial charge in [0.15, 0.2) is 0 Å². The van der Waals surface area contributed by atoms with Crippen LogP contribution >= 0.6 is 0 Å². The highest BCUT2D eigenvalue weighted by molar-refractivity contribution is 5.79. The Morgan fingerprint density at radius 3 is 2.95 bits per heavy atom. The number of aryl methyl sites for hydroxylation is 1. The predicted molar refractivity (Wildman–Crippen MR) is 81.9 cm³/mol. The Balaban J connectivity index is 1.59. The van der Waals surface area contributed by atoms with Gasteiger partial charge in [-0.05, 0) is 74.5 Å². The summed E-state index contributed by atoms with van der Waals surface area (Å²) in [7, 11) is 0. The van der Waals surface area contributed by atoms with Gasteiger partial charge in [-0.25, -0.2) is 0 Å². The van der Waals surface area contributed by atoms with Gasteiger partial charge < -0.3 is 9.52 Å². The fourth-order valence-electron chi connectivity index (χ4n) is 5.77. The van der Waals surface area contributed by atoms with E-state index in [1.807, 2.05) is 6.07 Å². The third-order valence-corrected chi connectivity index (χ3v) is 6.59. The first kappa shape index (κ1) is 12.3. The lowest BCUT2D eigenvalue weighted by Crippen LogP contribution is -2.38. The molecule has 0 saturated heterocycles. The lowest BCUT2D eigenvalue weighted by atomic mass is 9.72. The molecule has 0 amide bonds. The van der Waals surface area contributed by atoms with Crippen LogP contribution in [0.4, 0.5) is 0 Å². The Morgan fingerprint density at radius 1 is 1.19 bits per heavy atom. The summed E-state index contributed by atoms with van der Waals surface area (Å²) in [4.78, 5) is 0. The summed E-state index contributed by atoms with van der Waals surface area (Å²) in [6, 6.07) is 8.35. The maximum absolute atomic E-state index is 11.4. The van der Waals surface area contributed by atoms with Gasteiger partial charge >= 0.3 is 0 Å². The molecule has 5 rings (SSSR count). The summed E-state index contributed by atoms with van der Waals surface area (Å²) in [5.74, 6) is 3.60. The van der Waals surface area contributed by atoms with Gasteiger partial charge in [-0.1, -0.05) is 18.1 Å². The fraction of sp³-hybridized carbons (Fsp3) is 0.579. The average Bonchev–Trinajstić information content (AvgIpc) is 3.17. The maximum atomic E-state index is 11.4. The zero-order valence-electron chi connectivity index (χ0n) is 12.5. The molecule has 2 bridgehead atoms. The van der Waals surface area contributed by atoms with Crippen LogP contribution in [0.2, 0.25) is 0 Å². The van der Waals surface area contributed by atoms with Crippen LogP contribution in [0.1, 0.15) is 43.4 Å². The predicted octanol–water partition coefficient (Wildman–Crippen LogP) is 4.38. The molecule has 3 aliphatic carbocycles. The zero-order valence-corrected chi connectivity index (χ0v) is 12.5. The number of aliphatic hydroxyl groups is 1. The van der Waals surface area contributed by atoms with Crippen molar-refractivity contribution in [3.8, 4) is 0 Å². The Morgan fingerprint density at radius 2 is 2.05 bits per heavy atom. The number of rotatable bonds is 1. The van der Waals surface area contributed by atoms with E-state index >= 15 is 0 Å². The normalized spacial score (nSPS) is 41.0. The van der Waals surface area contributed by atoms with Crippen LogP contribution < -0.4 is 0 Å². The third-order valence-electron chi connectivity index (χ3n) is 6.59. The van der Waals surface area contributed by atoms with Crippen LogP contribution in [0.25, 0.3) is 11.0 Å². The number of benzene rings is 1. The van der Waals surface area contributed by atoms with Crippen molar-refractivity contribution < 1.29 is 9.52 Å². The monoisotopic (exact) mass is 282 g/mol. The minimum absolute atomic E-state index is 0.427. The van der Waals surface area contributed by atoms with Gasteiger partial charge in [0.25, 0.3) is 0 Å². The van der Waals surface area contributed by atoms with Crippen LogP contribution in [0.3, 0.4) is 0 Å². The number of fused-ring (bicyclic) bond motifs is 6. The second-order valence-corrected chi connectivity index (χ2v) is 7.64. The number of hydrogen-bond acceptors (Lipinski definition) is 2. The molecule has 1 aromatic carbocycles. The Bertz CT molecular complexity index is 715. The molecule has 3 fully saturated rings. The highest BCUT2D eigenvalue weighted by atomic mass is 16.4. The van der Waals surface area contributed by atoms with Crippen LogP contribution in [-0.4, -0.2) is 5.11 Å². The summed E-state index contributed by atoms with van der Waals surface area (Å²) >= 11 is 0. The van der Waals surface area contributed by atoms with E-state index in [1.165, 1.54) is 31.2 Å². The van der Waals surface area contributed by atoms with Crippen molar-refractivity contribution in [1.29, 1.82) is 0 Å². The van der Waals surface area contributed by atoms with E-state index in [2.05, 4.69) is 25.1 Å². The molecule has 2 heteroatoms. The lowest BCUT2D eigenvalue weighted by Gasteiger charge is -2.37. The van der Waals surface area contributed by atoms with Gasteiger partial charge in [-0.15, -0.1) is 0 Å². The highest BCUT2D eigenvalue weighted by Gasteiger charge is 2.62. The Kier molecular flexibility index (Phi) is 2.29. The molecule has 5 unspecified atom stereocenters. The summed E-state index contributed by atoms with van der Waals surface area (Å²) in [5, 5.41) is 12.5. The summed E-state index contributed by atoms with van der Waals surface area (Å²) in [5.41, 5.74) is 1.45. The summed E-state index contributed by atoms with van der Waals surface area (Å²) in [6.45, 7) is 2.10. The molecule has 1 N–H and O–H groups in total. The summed E-state index contributed by atoms with van der Waals surface area (Å²) < 4.78 is 6.06. The van der Waals surface area contributed by atoms with Gasteiger partial charge in [0.05, 0.1) is 0 Å². The first-order valence-electron chi connectivity index (χ1n) is 8.38. The van der Waals surface area contributed by atoms with Crippen molar-refractivity contribution in [3.05, 3.63) is 35.6 Å². The second kappa shape index (κ2) is 3.92. The van der Waals surface area contributed by atoms with Gasteiger partial charge in [-0.3, -0.25) is 0 Å². The molecule has 5 atom stereocenters. The van der Waals surface area contributed by atoms with Gasteiger partial charge in [0, 0.05) is 5.39 Å². The van der Waals surface area contributed by atoms with E-state index in [9.17, 15) is 5.11 Å². The molecule has 0 aliphatic heterocycles. The molecule has 2 nitrogen and oxygen atoms in total. The van der Waals surface area contributed by atoms with Gasteiger partial charge in [0.2, 0.25) is 0 Å². The number of hydrogen-bond donors (Lipinski definition) is 1. The van der Waals surface area contributed by atoms with Gasteiger partial charge in [0.1, 0.15) is 16.9 Å². The van der Waals surface area contributed by atoms with Crippen molar-refractivity contribution in [2.24, 2.45) is 23.7 Å². The standard InChI is InChI=1S/C19H22O2/c1-11-5-6-17-12(7-11)9-18(21-17)19(20)10-13-8-16(19)15-4-2-3-14(13)15/h5-7,9,13-16,20H,2-4,8,10H2,1H3. The highest BCUT2D eigenvalue weighted by Crippen LogP contribution is 2.65. The Hall–Kier alpha value is -1.28. The molecule has 3 aliphatic rings. The minimum atomic E-state index is -0.705. The fourth-order valence-corrected chi connectivity index (χ4v) is 5.77. The maximum Gasteiger partial charge on any atom is 0.137 e. The summed E-state index contributed by atoms with van der Waals surface area (Å²) in [6.07, 6.45) is 6.19. The number of furan rings is 1. The largest absolute Gasteiger partial charge is 0.458 e. The molecule has 1 aromatic heterocycles. The Labute approximate surface area is 125 Å². The topological polar surface area (TPSA) is 33.4 Å². The minimum Gasteiger partial charge on any atom is -0.458 e. The third kappa shape index (κ3) is 1.52. The molecule has 1 heterocycles. The van der Waals surface area contributed by atoms with Gasteiger partial charge in [-0.2, -0.15) is 0 Å². The smallest absolute Gasteiger partial charge is 0.137 e. The first-order chi connectivity index (χ1) is 10.1. The van der Waals surface area contributed by atoms with E-state index in [1.54, 1.807) is 0 Å². The molecule has 21 heavy (non-hydrogen) atoms. The van der Waals surface area contributed by atoms with Crippen molar-refractivity contribution in [2.75, 3.05) is 0 Å². The van der Waals surface area contributed by atoms with E-state index in [-0.39, 0.29) is 0 Å². The first-order valence-corrected chi connectivity index (χ1v) is 8.38. The van der Waals surface area contributed by atoms with Crippen molar-refractivity contribution >= 4 is 11.0 Å². The van der Waals surface area contributed by atoms with Crippen molar-refractivity contribution in [2.45, 2.75) is 44.6 Å². The van der Waals surface area contributed by atoms with E-state index in [0.717, 1.165) is 40.9 Å². The second-order valence-electron chi connectivity index (χ2n) is 7.64. The molecule has 3 saturated carbocycles. The molecule has 110 valence electrons. The average molecular weight is 282 g/mol. The molecule has 0 radical (unpaired) electrons. The van der Waals surface area contributed by atoms with E-state index < -0.39 is 5.60 Å². The van der Waals surface area contributed by atoms with Crippen LogP contribution in [0.5, 0.6) is 0 Å². The zero-order chi connectivity index (χ0) is 14.2. The molecular weight excluding hydrogens is 260 g/mol. The van der Waals surface area contributed by atoms with Crippen LogP contribution in [0.15, 0.2) is 28.7 Å². The SMILES string of the molecule is Cc1ccc2oc(C3(O)CC4CC3C3CCCC43)cc2c1. The quantitative estimate of drug-likeness (QED) is 0.841. The van der Waals surface area contributed by atoms with Crippen molar-refractivity contribution in [1.82, 2.24) is 0 Å². The van der Waals surface area contributed by atoms with Crippen molar-refractivity contribution in [3.63, 3.8) is 0 Å².